The van der Waals surface area contributed by atoms with Crippen LogP contribution in [0.1, 0.15) is 24.2 Å². The standard InChI is InChI=1S/C17H17N5O3/c1-11(23)13-4-3-5-14(10-13)19-17-15(22(24)25)6-7-16(20-17)21-9-8-18-12(21)2/h3-7,10H,8-9H2,1-2H3,(H,19,20). The number of amidine groups is 1. The minimum atomic E-state index is -0.487. The molecule has 0 saturated heterocycles. The second kappa shape index (κ2) is 6.68. The summed E-state index contributed by atoms with van der Waals surface area (Å²) in [4.78, 5) is 33.0. The van der Waals surface area contributed by atoms with Crippen LogP contribution in [0.15, 0.2) is 41.4 Å². The van der Waals surface area contributed by atoms with E-state index in [2.05, 4.69) is 15.3 Å². The van der Waals surface area contributed by atoms with E-state index in [0.29, 0.717) is 30.2 Å². The van der Waals surface area contributed by atoms with Crippen molar-refractivity contribution in [3.8, 4) is 0 Å². The highest BCUT2D eigenvalue weighted by atomic mass is 16.6. The van der Waals surface area contributed by atoms with E-state index in [9.17, 15) is 14.9 Å². The number of rotatable bonds is 5. The Labute approximate surface area is 144 Å². The zero-order valence-corrected chi connectivity index (χ0v) is 13.9. The molecule has 1 aliphatic rings. The molecule has 25 heavy (non-hydrogen) atoms. The van der Waals surface area contributed by atoms with E-state index in [1.165, 1.54) is 13.0 Å². The third-order valence-corrected chi connectivity index (χ3v) is 3.92. The summed E-state index contributed by atoms with van der Waals surface area (Å²) in [5.74, 6) is 1.46. The quantitative estimate of drug-likeness (QED) is 0.510. The van der Waals surface area contributed by atoms with Crippen LogP contribution in [-0.4, -0.2) is 34.6 Å². The first-order chi connectivity index (χ1) is 12.0. The van der Waals surface area contributed by atoms with Gasteiger partial charge in [0.15, 0.2) is 5.78 Å². The summed E-state index contributed by atoms with van der Waals surface area (Å²) in [7, 11) is 0. The SMILES string of the molecule is CC(=O)c1cccc(Nc2nc(N3CCN=C3C)ccc2[N+](=O)[O-])c1. The Bertz CT molecular complexity index is 878. The molecule has 3 rings (SSSR count). The molecule has 0 radical (unpaired) electrons. The van der Waals surface area contributed by atoms with Crippen molar-refractivity contribution in [2.45, 2.75) is 13.8 Å². The van der Waals surface area contributed by atoms with Crippen LogP contribution >= 0.6 is 0 Å². The van der Waals surface area contributed by atoms with Crippen molar-refractivity contribution < 1.29 is 9.72 Å². The number of pyridine rings is 1. The van der Waals surface area contributed by atoms with Gasteiger partial charge in [0.2, 0.25) is 5.82 Å². The van der Waals surface area contributed by atoms with Gasteiger partial charge >= 0.3 is 5.69 Å². The van der Waals surface area contributed by atoms with Gasteiger partial charge in [-0.3, -0.25) is 19.9 Å². The van der Waals surface area contributed by atoms with Gasteiger partial charge in [-0.15, -0.1) is 0 Å². The molecule has 2 aromatic rings. The number of Topliss-reactive ketones (excluding diaryl/α,β-unsaturated/α-hetero) is 1. The van der Waals surface area contributed by atoms with Crippen molar-refractivity contribution in [3.05, 3.63) is 52.1 Å². The summed E-state index contributed by atoms with van der Waals surface area (Å²) in [5, 5.41) is 14.3. The van der Waals surface area contributed by atoms with E-state index in [0.717, 1.165) is 5.84 Å². The van der Waals surface area contributed by atoms with Crippen LogP contribution in [0.25, 0.3) is 0 Å². The highest BCUT2D eigenvalue weighted by molar-refractivity contribution is 5.97. The van der Waals surface area contributed by atoms with Gasteiger partial charge in [0.05, 0.1) is 11.5 Å². The molecule has 1 N–H and O–H groups in total. The third kappa shape index (κ3) is 3.47. The fraction of sp³-hybridized carbons (Fsp3) is 0.235. The molecule has 8 nitrogen and oxygen atoms in total. The highest BCUT2D eigenvalue weighted by Gasteiger charge is 2.21. The average Bonchev–Trinajstić information content (AvgIpc) is 3.01. The fourth-order valence-electron chi connectivity index (χ4n) is 2.62. The lowest BCUT2D eigenvalue weighted by Crippen LogP contribution is -2.26. The molecule has 128 valence electrons. The first kappa shape index (κ1) is 16.6. The Morgan fingerprint density at radius 2 is 2.12 bits per heavy atom. The van der Waals surface area contributed by atoms with Gasteiger partial charge in [-0.25, -0.2) is 4.98 Å². The number of benzene rings is 1. The lowest BCUT2D eigenvalue weighted by atomic mass is 10.1. The largest absolute Gasteiger partial charge is 0.334 e. The Kier molecular flexibility index (Phi) is 4.42. The van der Waals surface area contributed by atoms with Crippen LogP contribution in [-0.2, 0) is 0 Å². The molecule has 0 fully saturated rings. The summed E-state index contributed by atoms with van der Waals surface area (Å²) < 4.78 is 0. The second-order valence-corrected chi connectivity index (χ2v) is 5.64. The zero-order valence-electron chi connectivity index (χ0n) is 13.9. The van der Waals surface area contributed by atoms with Crippen molar-refractivity contribution >= 4 is 34.6 Å². The summed E-state index contributed by atoms with van der Waals surface area (Å²) in [6.07, 6.45) is 0. The van der Waals surface area contributed by atoms with E-state index >= 15 is 0 Å². The maximum absolute atomic E-state index is 11.5. The molecule has 0 spiro atoms. The second-order valence-electron chi connectivity index (χ2n) is 5.64. The Hall–Kier alpha value is -3.29. The van der Waals surface area contributed by atoms with Gasteiger partial charge in [-0.1, -0.05) is 12.1 Å². The van der Waals surface area contributed by atoms with E-state index in [1.54, 1.807) is 30.3 Å². The number of hydrogen-bond acceptors (Lipinski definition) is 7. The molecule has 0 atom stereocenters. The molecular weight excluding hydrogens is 322 g/mol. The molecule has 0 aliphatic carbocycles. The molecule has 0 bridgehead atoms. The monoisotopic (exact) mass is 339 g/mol. The molecule has 1 aromatic carbocycles. The number of nitrogens with zero attached hydrogens (tertiary/aromatic N) is 4. The van der Waals surface area contributed by atoms with Crippen LogP contribution in [0.2, 0.25) is 0 Å². The van der Waals surface area contributed by atoms with E-state index in [4.69, 9.17) is 0 Å². The summed E-state index contributed by atoms with van der Waals surface area (Å²) in [6, 6.07) is 9.81. The van der Waals surface area contributed by atoms with Gasteiger partial charge in [-0.2, -0.15) is 0 Å². The van der Waals surface area contributed by atoms with Crippen molar-refractivity contribution in [2.75, 3.05) is 23.3 Å². The Balaban J connectivity index is 1.98. The molecular formula is C17H17N5O3. The zero-order chi connectivity index (χ0) is 18.0. The van der Waals surface area contributed by atoms with Crippen LogP contribution in [0.5, 0.6) is 0 Å². The Morgan fingerprint density at radius 3 is 2.76 bits per heavy atom. The smallest absolute Gasteiger partial charge is 0.311 e. The minimum Gasteiger partial charge on any atom is -0.334 e. The predicted molar refractivity (Wildman–Crippen MR) is 95.9 cm³/mol. The van der Waals surface area contributed by atoms with Crippen LogP contribution in [0.3, 0.4) is 0 Å². The maximum Gasteiger partial charge on any atom is 0.311 e. The first-order valence-electron chi connectivity index (χ1n) is 7.78. The molecule has 0 unspecified atom stereocenters. The number of anilines is 3. The van der Waals surface area contributed by atoms with Crippen molar-refractivity contribution in [1.82, 2.24) is 4.98 Å². The van der Waals surface area contributed by atoms with Crippen LogP contribution in [0.4, 0.5) is 23.0 Å². The number of nitrogens with one attached hydrogen (secondary N) is 1. The average molecular weight is 339 g/mol. The number of aliphatic imine (C=N–C) groups is 1. The molecule has 1 aliphatic heterocycles. The molecule has 0 saturated carbocycles. The number of aromatic nitrogens is 1. The Morgan fingerprint density at radius 1 is 1.32 bits per heavy atom. The van der Waals surface area contributed by atoms with Crippen LogP contribution in [0, 0.1) is 10.1 Å². The van der Waals surface area contributed by atoms with E-state index in [1.807, 2.05) is 11.8 Å². The lowest BCUT2D eigenvalue weighted by Gasteiger charge is -2.18. The molecule has 1 aromatic heterocycles. The van der Waals surface area contributed by atoms with E-state index < -0.39 is 4.92 Å². The van der Waals surface area contributed by atoms with Crippen LogP contribution < -0.4 is 10.2 Å². The molecule has 0 amide bonds. The molecule has 8 heteroatoms. The number of hydrogen-bond donors (Lipinski definition) is 1. The highest BCUT2D eigenvalue weighted by Crippen LogP contribution is 2.29. The van der Waals surface area contributed by atoms with Crippen molar-refractivity contribution in [2.24, 2.45) is 4.99 Å². The number of carbonyl (C=O) groups excluding carboxylic acids is 1. The van der Waals surface area contributed by atoms with Crippen molar-refractivity contribution in [3.63, 3.8) is 0 Å². The van der Waals surface area contributed by atoms with Gasteiger partial charge in [0.25, 0.3) is 0 Å². The fourth-order valence-corrected chi connectivity index (χ4v) is 2.62. The molecule has 2 heterocycles. The first-order valence-corrected chi connectivity index (χ1v) is 7.78. The normalized spacial score (nSPS) is 13.5. The van der Waals surface area contributed by atoms with Gasteiger partial charge in [0.1, 0.15) is 11.7 Å². The van der Waals surface area contributed by atoms with Crippen molar-refractivity contribution in [1.29, 1.82) is 0 Å². The topological polar surface area (TPSA) is 101 Å². The summed E-state index contributed by atoms with van der Waals surface area (Å²) in [5.41, 5.74) is 0.948. The summed E-state index contributed by atoms with van der Waals surface area (Å²) >= 11 is 0. The maximum atomic E-state index is 11.5. The predicted octanol–water partition coefficient (Wildman–Crippen LogP) is 3.17. The van der Waals surface area contributed by atoms with Gasteiger partial charge in [0, 0.05) is 23.9 Å². The van der Waals surface area contributed by atoms with Gasteiger partial charge < -0.3 is 10.2 Å². The van der Waals surface area contributed by atoms with Gasteiger partial charge in [-0.05, 0) is 32.0 Å². The number of ketones is 1. The number of carbonyl (C=O) groups is 1. The lowest BCUT2D eigenvalue weighted by molar-refractivity contribution is -0.384. The third-order valence-electron chi connectivity index (χ3n) is 3.92. The summed E-state index contributed by atoms with van der Waals surface area (Å²) in [6.45, 7) is 4.71. The minimum absolute atomic E-state index is 0.0798. The van der Waals surface area contributed by atoms with E-state index in [-0.39, 0.29) is 17.3 Å². The number of nitro groups is 1.